The van der Waals surface area contributed by atoms with Gasteiger partial charge in [-0.25, -0.2) is 4.98 Å². The molecule has 2 heterocycles. The molecule has 2 rings (SSSR count). The molecule has 0 saturated carbocycles. The van der Waals surface area contributed by atoms with Gasteiger partial charge in [0, 0.05) is 18.0 Å². The van der Waals surface area contributed by atoms with Crippen molar-refractivity contribution in [3.8, 4) is 0 Å². The highest BCUT2D eigenvalue weighted by Gasteiger charge is 2.18. The molecule has 0 radical (unpaired) electrons. The molecule has 1 saturated heterocycles. The van der Waals surface area contributed by atoms with Crippen LogP contribution in [0.5, 0.6) is 0 Å². The smallest absolute Gasteiger partial charge is 0.107 e. The summed E-state index contributed by atoms with van der Waals surface area (Å²) in [4.78, 5) is 8.75. The quantitative estimate of drug-likeness (QED) is 0.779. The van der Waals surface area contributed by atoms with Gasteiger partial charge in [0.05, 0.1) is 12.2 Å². The third-order valence-corrected chi connectivity index (χ3v) is 5.17. The van der Waals surface area contributed by atoms with E-state index in [1.807, 2.05) is 11.3 Å². The van der Waals surface area contributed by atoms with Crippen molar-refractivity contribution < 1.29 is 0 Å². The first-order chi connectivity index (χ1) is 9.69. The van der Waals surface area contributed by atoms with Crippen LogP contribution in [0, 0.1) is 12.8 Å². The molecule has 1 aromatic rings. The Morgan fingerprint density at radius 2 is 2.30 bits per heavy atom. The minimum atomic E-state index is 0.847. The molecule has 0 aromatic carbocycles. The van der Waals surface area contributed by atoms with Crippen molar-refractivity contribution in [3.05, 3.63) is 15.6 Å². The Morgan fingerprint density at radius 3 is 3.05 bits per heavy atom. The van der Waals surface area contributed by atoms with Crippen molar-refractivity contribution in [1.82, 2.24) is 15.2 Å². The summed E-state index contributed by atoms with van der Waals surface area (Å²) in [6, 6.07) is 0. The zero-order valence-corrected chi connectivity index (χ0v) is 14.1. The predicted molar refractivity (Wildman–Crippen MR) is 87.1 cm³/mol. The van der Waals surface area contributed by atoms with Crippen molar-refractivity contribution in [3.63, 3.8) is 0 Å². The molecule has 1 fully saturated rings. The second-order valence-corrected chi connectivity index (χ2v) is 7.30. The van der Waals surface area contributed by atoms with Crippen molar-refractivity contribution in [2.24, 2.45) is 5.92 Å². The van der Waals surface area contributed by atoms with Crippen LogP contribution in [0.25, 0.3) is 0 Å². The topological polar surface area (TPSA) is 28.2 Å². The van der Waals surface area contributed by atoms with E-state index in [1.165, 1.54) is 54.4 Å². The van der Waals surface area contributed by atoms with Gasteiger partial charge in [-0.05, 0) is 45.2 Å². The summed E-state index contributed by atoms with van der Waals surface area (Å²) in [7, 11) is 0. The lowest BCUT2D eigenvalue weighted by molar-refractivity contribution is 0.176. The molecule has 0 spiro atoms. The maximum atomic E-state index is 4.77. The lowest BCUT2D eigenvalue weighted by atomic mass is 10.0. The Balaban J connectivity index is 1.83. The van der Waals surface area contributed by atoms with E-state index in [1.54, 1.807) is 0 Å². The lowest BCUT2D eigenvalue weighted by Gasteiger charge is -2.29. The van der Waals surface area contributed by atoms with Crippen molar-refractivity contribution in [2.75, 3.05) is 19.6 Å². The van der Waals surface area contributed by atoms with Gasteiger partial charge >= 0.3 is 0 Å². The Hall–Kier alpha value is -0.450. The Bertz CT molecular complexity index is 402. The molecule has 1 aliphatic rings. The van der Waals surface area contributed by atoms with Crippen LogP contribution in [0.4, 0.5) is 0 Å². The van der Waals surface area contributed by atoms with Gasteiger partial charge in [-0.3, -0.25) is 4.90 Å². The van der Waals surface area contributed by atoms with E-state index in [0.717, 1.165) is 25.6 Å². The van der Waals surface area contributed by atoms with Gasteiger partial charge in [0.25, 0.3) is 0 Å². The molecule has 0 amide bonds. The third-order valence-electron chi connectivity index (χ3n) is 4.03. The highest BCUT2D eigenvalue weighted by molar-refractivity contribution is 7.11. The number of thiazole rings is 1. The van der Waals surface area contributed by atoms with Crippen molar-refractivity contribution >= 4 is 11.3 Å². The van der Waals surface area contributed by atoms with Gasteiger partial charge in [0.2, 0.25) is 0 Å². The number of nitrogens with zero attached hydrogens (tertiary/aromatic N) is 2. The molecule has 1 aliphatic heterocycles. The van der Waals surface area contributed by atoms with Crippen LogP contribution in [-0.2, 0) is 13.1 Å². The summed E-state index contributed by atoms with van der Waals surface area (Å²) in [6.07, 6.45) is 5.25. The van der Waals surface area contributed by atoms with Crippen LogP contribution in [0.15, 0.2) is 0 Å². The van der Waals surface area contributed by atoms with E-state index in [4.69, 9.17) is 4.98 Å². The number of hydrogen-bond donors (Lipinski definition) is 1. The fraction of sp³-hybridized carbons (Fsp3) is 0.812. The highest BCUT2D eigenvalue weighted by Crippen LogP contribution is 2.22. The van der Waals surface area contributed by atoms with E-state index in [0.29, 0.717) is 0 Å². The van der Waals surface area contributed by atoms with Gasteiger partial charge in [-0.15, -0.1) is 11.3 Å². The first kappa shape index (κ1) is 15.9. The molecule has 1 unspecified atom stereocenters. The minimum Gasteiger partial charge on any atom is -0.312 e. The molecule has 114 valence electrons. The first-order valence-corrected chi connectivity index (χ1v) is 8.89. The van der Waals surface area contributed by atoms with Gasteiger partial charge in [0.1, 0.15) is 5.01 Å². The second-order valence-electron chi connectivity index (χ2n) is 6.13. The average molecular weight is 295 g/mol. The molecule has 4 heteroatoms. The van der Waals surface area contributed by atoms with E-state index < -0.39 is 0 Å². The maximum Gasteiger partial charge on any atom is 0.107 e. The zero-order valence-electron chi connectivity index (χ0n) is 13.2. The van der Waals surface area contributed by atoms with Crippen LogP contribution in [0.2, 0.25) is 0 Å². The van der Waals surface area contributed by atoms with Crippen LogP contribution < -0.4 is 5.32 Å². The summed E-state index contributed by atoms with van der Waals surface area (Å²) >= 11 is 1.90. The average Bonchev–Trinajstić information content (AvgIpc) is 2.75. The summed E-state index contributed by atoms with van der Waals surface area (Å²) in [5, 5.41) is 4.82. The third kappa shape index (κ3) is 4.83. The van der Waals surface area contributed by atoms with E-state index in [2.05, 4.69) is 31.0 Å². The number of nitrogens with one attached hydrogen (secondary N) is 1. The molecule has 20 heavy (non-hydrogen) atoms. The van der Waals surface area contributed by atoms with Gasteiger partial charge in [-0.2, -0.15) is 0 Å². The summed E-state index contributed by atoms with van der Waals surface area (Å²) in [6.45, 7) is 12.4. The first-order valence-electron chi connectivity index (χ1n) is 8.07. The Labute approximate surface area is 127 Å². The summed E-state index contributed by atoms with van der Waals surface area (Å²) in [5.41, 5.74) is 1.22. The molecular weight excluding hydrogens is 266 g/mol. The van der Waals surface area contributed by atoms with Crippen LogP contribution in [0.3, 0.4) is 0 Å². The molecule has 0 aliphatic carbocycles. The number of aromatic nitrogens is 1. The predicted octanol–water partition coefficient (Wildman–Crippen LogP) is 3.57. The maximum absolute atomic E-state index is 4.77. The van der Waals surface area contributed by atoms with Crippen LogP contribution in [-0.4, -0.2) is 29.5 Å². The minimum absolute atomic E-state index is 0.847. The van der Waals surface area contributed by atoms with Crippen LogP contribution in [0.1, 0.15) is 55.1 Å². The zero-order chi connectivity index (χ0) is 14.4. The monoisotopic (exact) mass is 295 g/mol. The largest absolute Gasteiger partial charge is 0.312 e. The molecule has 0 bridgehead atoms. The molecular formula is C16H29N3S. The number of likely N-dealkylation sites (tertiary alicyclic amines) is 1. The molecule has 1 atom stereocenters. The van der Waals surface area contributed by atoms with Gasteiger partial charge < -0.3 is 5.32 Å². The molecule has 1 N–H and O–H groups in total. The number of unbranched alkanes of at least 4 members (excludes halogenated alkanes) is 1. The second kappa shape index (κ2) is 8.11. The Morgan fingerprint density at radius 1 is 1.45 bits per heavy atom. The fourth-order valence-electron chi connectivity index (χ4n) is 2.85. The standard InChI is InChI=1S/C16H29N3S/c1-4-5-8-17-10-15-14(3)18-16(20-15)12-19-9-6-7-13(2)11-19/h13,17H,4-12H2,1-3H3. The van der Waals surface area contributed by atoms with E-state index in [-0.39, 0.29) is 0 Å². The number of rotatable bonds is 7. The molecule has 3 nitrogen and oxygen atoms in total. The summed E-state index contributed by atoms with van der Waals surface area (Å²) in [5.74, 6) is 0.847. The van der Waals surface area contributed by atoms with Crippen LogP contribution >= 0.6 is 11.3 Å². The lowest BCUT2D eigenvalue weighted by Crippen LogP contribution is -2.33. The summed E-state index contributed by atoms with van der Waals surface area (Å²) < 4.78 is 0. The van der Waals surface area contributed by atoms with Gasteiger partial charge in [-0.1, -0.05) is 20.3 Å². The molecule has 1 aromatic heterocycles. The van der Waals surface area contributed by atoms with Crippen molar-refractivity contribution in [2.45, 2.75) is 59.5 Å². The van der Waals surface area contributed by atoms with E-state index in [9.17, 15) is 0 Å². The highest BCUT2D eigenvalue weighted by atomic mass is 32.1. The van der Waals surface area contributed by atoms with Gasteiger partial charge in [0.15, 0.2) is 0 Å². The Kier molecular flexibility index (Phi) is 6.46. The van der Waals surface area contributed by atoms with E-state index >= 15 is 0 Å². The normalized spacial score (nSPS) is 20.4. The number of aryl methyl sites for hydroxylation is 1. The SMILES string of the molecule is CCCCNCc1sc(CN2CCCC(C)C2)nc1C. The fourth-order valence-corrected chi connectivity index (χ4v) is 3.93. The number of piperidine rings is 1. The van der Waals surface area contributed by atoms with Crippen molar-refractivity contribution in [1.29, 1.82) is 0 Å². The number of hydrogen-bond acceptors (Lipinski definition) is 4.